The van der Waals surface area contributed by atoms with Gasteiger partial charge in [0.2, 0.25) is 0 Å². The normalized spacial score (nSPS) is 19.0. The number of halogens is 2. The third-order valence-electron chi connectivity index (χ3n) is 5.43. The maximum absolute atomic E-state index is 14.6. The predicted octanol–water partition coefficient (Wildman–Crippen LogP) is 3.81. The highest BCUT2D eigenvalue weighted by Gasteiger charge is 2.34. The van der Waals surface area contributed by atoms with E-state index in [0.29, 0.717) is 23.9 Å². The van der Waals surface area contributed by atoms with Gasteiger partial charge in [0.15, 0.2) is 5.82 Å². The van der Waals surface area contributed by atoms with Crippen molar-refractivity contribution in [2.24, 2.45) is 5.92 Å². The standard InChI is InChI=1S/C21H22ClFN6O/c1-14-4-3-11-28(18(14)13-25-19-8-7-15(22)12-24-19)21(30)16-5-2-6-17(23)20(16)29-26-9-10-27-29/h2,5-10,12,14,18H,3-4,11,13H2,1H3,(H,24,25)/t14-,18?/m1/s1. The molecule has 0 saturated carbocycles. The minimum absolute atomic E-state index is 0.0644. The van der Waals surface area contributed by atoms with Gasteiger partial charge in [0.05, 0.1) is 29.0 Å². The highest BCUT2D eigenvalue weighted by Crippen LogP contribution is 2.27. The molecule has 0 radical (unpaired) electrons. The summed E-state index contributed by atoms with van der Waals surface area (Å²) in [5.41, 5.74) is 0.312. The molecule has 2 aromatic heterocycles. The third-order valence-corrected chi connectivity index (χ3v) is 5.66. The number of carbonyl (C=O) groups is 1. The lowest BCUT2D eigenvalue weighted by Gasteiger charge is -2.40. The van der Waals surface area contributed by atoms with E-state index >= 15 is 0 Å². The maximum Gasteiger partial charge on any atom is 0.256 e. The Morgan fingerprint density at radius 2 is 2.07 bits per heavy atom. The average molecular weight is 429 g/mol. The van der Waals surface area contributed by atoms with Crippen LogP contribution in [0.25, 0.3) is 5.69 Å². The van der Waals surface area contributed by atoms with Gasteiger partial charge >= 0.3 is 0 Å². The van der Waals surface area contributed by atoms with Gasteiger partial charge in [-0.15, -0.1) is 4.80 Å². The van der Waals surface area contributed by atoms with Crippen LogP contribution in [0, 0.1) is 11.7 Å². The summed E-state index contributed by atoms with van der Waals surface area (Å²) in [7, 11) is 0. The topological polar surface area (TPSA) is 75.9 Å². The number of hydrogen-bond acceptors (Lipinski definition) is 5. The van der Waals surface area contributed by atoms with Gasteiger partial charge in [-0.3, -0.25) is 4.79 Å². The lowest BCUT2D eigenvalue weighted by Crippen LogP contribution is -2.51. The van der Waals surface area contributed by atoms with Crippen LogP contribution in [-0.4, -0.2) is 49.9 Å². The highest BCUT2D eigenvalue weighted by molar-refractivity contribution is 6.30. The molecule has 1 aromatic carbocycles. The number of likely N-dealkylation sites (tertiary alicyclic amines) is 1. The summed E-state index contributed by atoms with van der Waals surface area (Å²) in [5, 5.41) is 11.9. The first-order chi connectivity index (χ1) is 14.5. The Hall–Kier alpha value is -3.00. The van der Waals surface area contributed by atoms with Gasteiger partial charge in [-0.1, -0.05) is 24.6 Å². The van der Waals surface area contributed by atoms with Crippen LogP contribution >= 0.6 is 11.6 Å². The molecule has 3 heterocycles. The van der Waals surface area contributed by atoms with Gasteiger partial charge in [0, 0.05) is 19.3 Å². The molecule has 156 valence electrons. The van der Waals surface area contributed by atoms with Gasteiger partial charge in [0.1, 0.15) is 11.5 Å². The van der Waals surface area contributed by atoms with Crippen LogP contribution in [0.5, 0.6) is 0 Å². The molecule has 2 atom stereocenters. The fraction of sp³-hybridized carbons (Fsp3) is 0.333. The van der Waals surface area contributed by atoms with Crippen LogP contribution < -0.4 is 5.32 Å². The van der Waals surface area contributed by atoms with Crippen molar-refractivity contribution in [3.8, 4) is 5.69 Å². The Kier molecular flexibility index (Phi) is 5.94. The number of pyridine rings is 1. The van der Waals surface area contributed by atoms with Gasteiger partial charge in [-0.05, 0) is 43.0 Å². The number of piperidine rings is 1. The van der Waals surface area contributed by atoms with Crippen molar-refractivity contribution in [2.75, 3.05) is 18.4 Å². The lowest BCUT2D eigenvalue weighted by molar-refractivity contribution is 0.0539. The molecule has 0 aliphatic carbocycles. The summed E-state index contributed by atoms with van der Waals surface area (Å²) < 4.78 is 14.6. The summed E-state index contributed by atoms with van der Waals surface area (Å²) in [6.45, 7) is 3.26. The molecule has 4 rings (SSSR count). The molecule has 1 fully saturated rings. The molecule has 0 spiro atoms. The number of carbonyl (C=O) groups excluding carboxylic acids is 1. The predicted molar refractivity (Wildman–Crippen MR) is 112 cm³/mol. The van der Waals surface area contributed by atoms with Crippen LogP contribution in [-0.2, 0) is 0 Å². The fourth-order valence-electron chi connectivity index (χ4n) is 3.88. The molecule has 0 bridgehead atoms. The van der Waals surface area contributed by atoms with Crippen LogP contribution in [0.2, 0.25) is 5.02 Å². The molecule has 1 N–H and O–H groups in total. The highest BCUT2D eigenvalue weighted by atomic mass is 35.5. The van der Waals surface area contributed by atoms with Crippen LogP contribution in [0.4, 0.5) is 10.2 Å². The minimum atomic E-state index is -0.540. The van der Waals surface area contributed by atoms with Gasteiger partial charge in [-0.25, -0.2) is 9.37 Å². The number of para-hydroxylation sites is 1. The van der Waals surface area contributed by atoms with E-state index < -0.39 is 5.82 Å². The van der Waals surface area contributed by atoms with Crippen molar-refractivity contribution in [1.82, 2.24) is 24.9 Å². The van der Waals surface area contributed by atoms with Gasteiger partial charge in [-0.2, -0.15) is 10.2 Å². The van der Waals surface area contributed by atoms with E-state index in [0.717, 1.165) is 17.6 Å². The van der Waals surface area contributed by atoms with Crippen molar-refractivity contribution >= 4 is 23.3 Å². The second-order valence-corrected chi connectivity index (χ2v) is 7.82. The number of rotatable bonds is 5. The Labute approximate surface area is 178 Å². The van der Waals surface area contributed by atoms with E-state index in [1.165, 1.54) is 24.5 Å². The van der Waals surface area contributed by atoms with Gasteiger partial charge < -0.3 is 10.2 Å². The number of benzene rings is 1. The zero-order chi connectivity index (χ0) is 21.1. The van der Waals surface area contributed by atoms with E-state index in [1.807, 2.05) is 4.90 Å². The molecule has 1 amide bonds. The number of amides is 1. The Balaban J connectivity index is 1.60. The van der Waals surface area contributed by atoms with Crippen LogP contribution in [0.15, 0.2) is 48.9 Å². The molecule has 1 unspecified atom stereocenters. The van der Waals surface area contributed by atoms with E-state index in [2.05, 4.69) is 27.4 Å². The molecule has 7 nitrogen and oxygen atoms in total. The summed E-state index contributed by atoms with van der Waals surface area (Å²) in [6, 6.07) is 7.96. The van der Waals surface area contributed by atoms with Crippen molar-refractivity contribution in [3.63, 3.8) is 0 Å². The summed E-state index contributed by atoms with van der Waals surface area (Å²) in [4.78, 5) is 20.7. The largest absolute Gasteiger partial charge is 0.368 e. The summed E-state index contributed by atoms with van der Waals surface area (Å²) in [6.07, 6.45) is 6.40. The molecule has 1 aliphatic rings. The third kappa shape index (κ3) is 4.14. The number of nitrogens with one attached hydrogen (secondary N) is 1. The van der Waals surface area contributed by atoms with E-state index in [9.17, 15) is 9.18 Å². The van der Waals surface area contributed by atoms with Crippen molar-refractivity contribution in [2.45, 2.75) is 25.8 Å². The monoisotopic (exact) mass is 428 g/mol. The Morgan fingerprint density at radius 1 is 1.27 bits per heavy atom. The molecular weight excluding hydrogens is 407 g/mol. The van der Waals surface area contributed by atoms with Gasteiger partial charge in [0.25, 0.3) is 5.91 Å². The van der Waals surface area contributed by atoms with Crippen molar-refractivity contribution < 1.29 is 9.18 Å². The zero-order valence-corrected chi connectivity index (χ0v) is 17.3. The maximum atomic E-state index is 14.6. The summed E-state index contributed by atoms with van der Waals surface area (Å²) >= 11 is 5.90. The molecule has 9 heteroatoms. The first-order valence-electron chi connectivity index (χ1n) is 9.86. The molecule has 3 aromatic rings. The second kappa shape index (κ2) is 8.79. The SMILES string of the molecule is C[C@@H]1CCCN(C(=O)c2cccc(F)c2-n2nccn2)C1CNc1ccc(Cl)cn1. The average Bonchev–Trinajstić information content (AvgIpc) is 3.27. The molecule has 1 saturated heterocycles. The van der Waals surface area contributed by atoms with Crippen LogP contribution in [0.1, 0.15) is 30.1 Å². The van der Waals surface area contributed by atoms with Crippen molar-refractivity contribution in [1.29, 1.82) is 0 Å². The number of nitrogens with zero attached hydrogens (tertiary/aromatic N) is 5. The number of hydrogen-bond donors (Lipinski definition) is 1. The first-order valence-corrected chi connectivity index (χ1v) is 10.2. The van der Waals surface area contributed by atoms with E-state index in [-0.39, 0.29) is 29.1 Å². The van der Waals surface area contributed by atoms with Crippen molar-refractivity contribution in [3.05, 3.63) is 65.3 Å². The fourth-order valence-corrected chi connectivity index (χ4v) is 3.99. The Bertz CT molecular complexity index is 1010. The Morgan fingerprint density at radius 3 is 2.80 bits per heavy atom. The van der Waals surface area contributed by atoms with E-state index in [1.54, 1.807) is 24.4 Å². The second-order valence-electron chi connectivity index (χ2n) is 7.38. The lowest BCUT2D eigenvalue weighted by atomic mass is 9.90. The molecule has 1 aliphatic heterocycles. The molecule has 30 heavy (non-hydrogen) atoms. The quantitative estimate of drug-likeness (QED) is 0.668. The zero-order valence-electron chi connectivity index (χ0n) is 16.5. The van der Waals surface area contributed by atoms with E-state index in [4.69, 9.17) is 11.6 Å². The molecular formula is C21H22ClFN6O. The smallest absolute Gasteiger partial charge is 0.256 e. The first kappa shape index (κ1) is 20.3. The number of aromatic nitrogens is 4. The number of anilines is 1. The minimum Gasteiger partial charge on any atom is -0.368 e. The van der Waals surface area contributed by atoms with Crippen LogP contribution in [0.3, 0.4) is 0 Å². The summed E-state index contributed by atoms with van der Waals surface area (Å²) in [5.74, 6) is 0.199.